The molecule has 0 saturated carbocycles. The molecule has 16 heavy (non-hydrogen) atoms. The first-order valence-electron chi connectivity index (χ1n) is 5.87. The second-order valence-corrected chi connectivity index (χ2v) is 5.11. The molecule has 0 bridgehead atoms. The quantitative estimate of drug-likeness (QED) is 0.768. The van der Waals surface area contributed by atoms with E-state index >= 15 is 0 Å². The van der Waals surface area contributed by atoms with Crippen LogP contribution in [-0.2, 0) is 13.6 Å². The van der Waals surface area contributed by atoms with E-state index in [1.165, 1.54) is 11.3 Å². The Morgan fingerprint density at radius 2 is 2.31 bits per heavy atom. The van der Waals surface area contributed by atoms with Gasteiger partial charge in [-0.05, 0) is 33.2 Å². The van der Waals surface area contributed by atoms with Gasteiger partial charge in [-0.1, -0.05) is 0 Å². The van der Waals surface area contributed by atoms with Crippen LogP contribution in [0.3, 0.4) is 0 Å². The summed E-state index contributed by atoms with van der Waals surface area (Å²) in [6.45, 7) is 6.12. The van der Waals surface area contributed by atoms with E-state index < -0.39 is 5.67 Å². The van der Waals surface area contributed by atoms with Crippen LogP contribution < -0.4 is 0 Å². The molecule has 0 aromatic carbocycles. The minimum Gasteiger partial charge on any atom is -0.296 e. The van der Waals surface area contributed by atoms with E-state index in [-0.39, 0.29) is 0 Å². The summed E-state index contributed by atoms with van der Waals surface area (Å²) < 4.78 is 15.7. The largest absolute Gasteiger partial charge is 0.296 e. The molecule has 0 aliphatic carbocycles. The van der Waals surface area contributed by atoms with Crippen molar-refractivity contribution in [3.05, 3.63) is 17.5 Å². The molecule has 1 aliphatic heterocycles. The number of piperidine rings is 1. The second kappa shape index (κ2) is 4.17. The Labute approximate surface area is 96.2 Å². The van der Waals surface area contributed by atoms with E-state index in [0.29, 0.717) is 13.0 Å². The summed E-state index contributed by atoms with van der Waals surface area (Å²) in [6.07, 6.45) is 3.53. The number of hydrogen-bond donors (Lipinski definition) is 0. The van der Waals surface area contributed by atoms with Crippen molar-refractivity contribution in [1.29, 1.82) is 0 Å². The summed E-state index contributed by atoms with van der Waals surface area (Å²) in [5.74, 6) is 0. The number of hydrogen-bond acceptors (Lipinski definition) is 2. The van der Waals surface area contributed by atoms with Gasteiger partial charge in [0.1, 0.15) is 5.67 Å². The summed E-state index contributed by atoms with van der Waals surface area (Å²) in [5, 5.41) is 4.21. The molecule has 0 unspecified atom stereocenters. The molecule has 0 radical (unpaired) electrons. The van der Waals surface area contributed by atoms with E-state index in [0.717, 1.165) is 19.5 Å². The van der Waals surface area contributed by atoms with Crippen molar-refractivity contribution in [3.63, 3.8) is 0 Å². The zero-order valence-electron chi connectivity index (χ0n) is 10.3. The van der Waals surface area contributed by atoms with Gasteiger partial charge in [-0.2, -0.15) is 5.10 Å². The Kier molecular flexibility index (Phi) is 3.02. The van der Waals surface area contributed by atoms with Crippen molar-refractivity contribution in [1.82, 2.24) is 14.7 Å². The standard InChI is InChI=1S/C12H20FN3/c1-10-11(7-14-15(10)3)8-16-6-4-5-12(2,13)9-16/h7H,4-6,8-9H2,1-3H3/t12-/m1/s1. The van der Waals surface area contributed by atoms with Crippen LogP contribution in [0.1, 0.15) is 31.0 Å². The fourth-order valence-electron chi connectivity index (χ4n) is 2.37. The Balaban J connectivity index is 2.02. The summed E-state index contributed by atoms with van der Waals surface area (Å²) >= 11 is 0. The lowest BCUT2D eigenvalue weighted by atomic mass is 9.96. The minimum atomic E-state index is -1.02. The van der Waals surface area contributed by atoms with Gasteiger partial charge >= 0.3 is 0 Å². The maximum atomic E-state index is 13.9. The van der Waals surface area contributed by atoms with Crippen molar-refractivity contribution in [3.8, 4) is 0 Å². The molecule has 90 valence electrons. The summed E-state index contributed by atoms with van der Waals surface area (Å²) in [7, 11) is 1.94. The first kappa shape index (κ1) is 11.6. The maximum Gasteiger partial charge on any atom is 0.120 e. The summed E-state index contributed by atoms with van der Waals surface area (Å²) in [6, 6.07) is 0. The van der Waals surface area contributed by atoms with Crippen LogP contribution in [0.2, 0.25) is 0 Å². The average molecular weight is 225 g/mol. The molecule has 0 N–H and O–H groups in total. The molecule has 4 heteroatoms. The third-order valence-electron chi connectivity index (χ3n) is 3.46. The van der Waals surface area contributed by atoms with E-state index in [9.17, 15) is 4.39 Å². The molecule has 1 aromatic rings. The number of alkyl halides is 1. The zero-order chi connectivity index (χ0) is 11.8. The topological polar surface area (TPSA) is 21.1 Å². The number of nitrogens with zero attached hydrogens (tertiary/aromatic N) is 3. The number of aromatic nitrogens is 2. The van der Waals surface area contributed by atoms with E-state index in [2.05, 4.69) is 16.9 Å². The van der Waals surface area contributed by atoms with Crippen molar-refractivity contribution in [2.24, 2.45) is 7.05 Å². The highest BCUT2D eigenvalue weighted by atomic mass is 19.1. The van der Waals surface area contributed by atoms with E-state index in [4.69, 9.17) is 0 Å². The van der Waals surface area contributed by atoms with Gasteiger partial charge in [-0.3, -0.25) is 9.58 Å². The summed E-state index contributed by atoms with van der Waals surface area (Å²) in [4.78, 5) is 2.19. The molecule has 0 amide bonds. The molecule has 2 heterocycles. The average Bonchev–Trinajstić information content (AvgIpc) is 2.48. The molecular formula is C12H20FN3. The molecule has 0 spiro atoms. The van der Waals surface area contributed by atoms with Crippen LogP contribution >= 0.6 is 0 Å². The first-order valence-corrected chi connectivity index (χ1v) is 5.87. The second-order valence-electron chi connectivity index (χ2n) is 5.11. The van der Waals surface area contributed by atoms with Gasteiger partial charge in [0.25, 0.3) is 0 Å². The van der Waals surface area contributed by atoms with E-state index in [1.807, 2.05) is 17.9 Å². The minimum absolute atomic E-state index is 0.543. The lowest BCUT2D eigenvalue weighted by Gasteiger charge is -2.34. The molecule has 3 nitrogen and oxygen atoms in total. The van der Waals surface area contributed by atoms with Crippen molar-refractivity contribution < 1.29 is 4.39 Å². The highest BCUT2D eigenvalue weighted by Crippen LogP contribution is 2.25. The fourth-order valence-corrected chi connectivity index (χ4v) is 2.37. The highest BCUT2D eigenvalue weighted by molar-refractivity contribution is 5.15. The smallest absolute Gasteiger partial charge is 0.120 e. The summed E-state index contributed by atoms with van der Waals surface area (Å²) in [5.41, 5.74) is 1.36. The number of aryl methyl sites for hydroxylation is 1. The van der Waals surface area contributed by atoms with Gasteiger partial charge in [0, 0.05) is 31.4 Å². The molecular weight excluding hydrogens is 205 g/mol. The van der Waals surface area contributed by atoms with Crippen LogP contribution in [0.25, 0.3) is 0 Å². The normalized spacial score (nSPS) is 27.2. The van der Waals surface area contributed by atoms with E-state index in [1.54, 1.807) is 6.92 Å². The lowest BCUT2D eigenvalue weighted by Crippen LogP contribution is -2.42. The van der Waals surface area contributed by atoms with Crippen molar-refractivity contribution in [2.75, 3.05) is 13.1 Å². The Hall–Kier alpha value is -0.900. The van der Waals surface area contributed by atoms with Crippen LogP contribution in [0.15, 0.2) is 6.20 Å². The number of halogens is 1. The third kappa shape index (κ3) is 2.43. The maximum absolute atomic E-state index is 13.9. The number of rotatable bonds is 2. The molecule has 1 aromatic heterocycles. The Morgan fingerprint density at radius 1 is 1.56 bits per heavy atom. The molecule has 1 atom stereocenters. The highest BCUT2D eigenvalue weighted by Gasteiger charge is 2.30. The van der Waals surface area contributed by atoms with Gasteiger partial charge in [-0.25, -0.2) is 4.39 Å². The van der Waals surface area contributed by atoms with Gasteiger partial charge in [0.2, 0.25) is 0 Å². The first-order chi connectivity index (χ1) is 7.48. The lowest BCUT2D eigenvalue weighted by molar-refractivity contribution is 0.0562. The van der Waals surface area contributed by atoms with Gasteiger partial charge in [0.05, 0.1) is 6.20 Å². The van der Waals surface area contributed by atoms with Gasteiger partial charge < -0.3 is 0 Å². The molecule has 2 rings (SSSR count). The zero-order valence-corrected chi connectivity index (χ0v) is 10.3. The van der Waals surface area contributed by atoms with Crippen LogP contribution in [-0.4, -0.2) is 33.4 Å². The van der Waals surface area contributed by atoms with Crippen molar-refractivity contribution in [2.45, 2.75) is 38.9 Å². The van der Waals surface area contributed by atoms with Gasteiger partial charge in [0.15, 0.2) is 0 Å². The molecule has 1 aliphatic rings. The third-order valence-corrected chi connectivity index (χ3v) is 3.46. The molecule has 1 fully saturated rings. The fraction of sp³-hybridized carbons (Fsp3) is 0.750. The van der Waals surface area contributed by atoms with Crippen LogP contribution in [0.4, 0.5) is 4.39 Å². The SMILES string of the molecule is Cc1c(CN2CCC[C@@](C)(F)C2)cnn1C. The molecule has 1 saturated heterocycles. The Bertz CT molecular complexity index is 370. The Morgan fingerprint density at radius 3 is 2.88 bits per heavy atom. The predicted molar refractivity (Wildman–Crippen MR) is 62.0 cm³/mol. The number of likely N-dealkylation sites (tertiary alicyclic amines) is 1. The van der Waals surface area contributed by atoms with Crippen LogP contribution in [0, 0.1) is 6.92 Å². The van der Waals surface area contributed by atoms with Crippen molar-refractivity contribution >= 4 is 0 Å². The monoisotopic (exact) mass is 225 g/mol. The van der Waals surface area contributed by atoms with Crippen LogP contribution in [0.5, 0.6) is 0 Å². The van der Waals surface area contributed by atoms with Gasteiger partial charge in [-0.15, -0.1) is 0 Å². The predicted octanol–water partition coefficient (Wildman–Crippen LogP) is 2.05.